The highest BCUT2D eigenvalue weighted by atomic mass is 16.5. The lowest BCUT2D eigenvalue weighted by Crippen LogP contribution is -2.51. The fraction of sp³-hybridized carbons (Fsp3) is 0.385. The molecule has 14 heteroatoms. The third-order valence-electron chi connectivity index (χ3n) is 14.4. The topological polar surface area (TPSA) is 175 Å². The van der Waals surface area contributed by atoms with E-state index in [1.165, 1.54) is 61.3 Å². The zero-order valence-electron chi connectivity index (χ0n) is 37.8. The fourth-order valence-corrected chi connectivity index (χ4v) is 11.1. The van der Waals surface area contributed by atoms with Crippen LogP contribution in [0.15, 0.2) is 91.1 Å². The van der Waals surface area contributed by atoms with Crippen LogP contribution >= 0.6 is 0 Å². The minimum Gasteiger partial charge on any atom is -0.453 e. The van der Waals surface area contributed by atoms with Gasteiger partial charge in [-0.3, -0.25) is 9.59 Å². The van der Waals surface area contributed by atoms with Crippen molar-refractivity contribution >= 4 is 35.0 Å². The molecule has 4 aromatic carbocycles. The molecule has 2 aromatic heterocycles. The van der Waals surface area contributed by atoms with Crippen LogP contribution in [-0.2, 0) is 19.1 Å². The van der Waals surface area contributed by atoms with Gasteiger partial charge in [-0.1, -0.05) is 86.6 Å². The maximum absolute atomic E-state index is 14.1. The van der Waals surface area contributed by atoms with Crippen LogP contribution in [0.1, 0.15) is 117 Å². The fourth-order valence-electron chi connectivity index (χ4n) is 11.1. The molecule has 6 atom stereocenters. The summed E-state index contributed by atoms with van der Waals surface area (Å²) in [5.41, 5.74) is 12.2. The number of alkyl carbamates (subject to hydrolysis) is 2. The standard InChI is InChI=1S/C52H56N8O6/c1-29(2)45(57-51(63)65-3)49(61)59-24-8-12-41(59)47-53-28-40(56-47)31-16-14-30(15-17-31)36-21-22-37(44-35-19-18-34(26-35)43(36)44)33-20-23-38-39(27-33)55-48(54-38)42-13-9-25-60(42)50(62)46(58-52(64)66-4)32-10-6-5-7-11-32/h5-7,10-11,14-17,20-23,27-29,34-35,41-42,45-46H,8-9,12-13,18-19,24-26H2,1-4H3,(H,53,56)(H,54,55)(H,57,63)(H,58,64). The van der Waals surface area contributed by atoms with Crippen molar-refractivity contribution in [3.8, 4) is 33.5 Å². The number of ether oxygens (including phenoxy) is 2. The Balaban J connectivity index is 0.888. The van der Waals surface area contributed by atoms with Crippen LogP contribution in [0.3, 0.4) is 0 Å². The van der Waals surface area contributed by atoms with Gasteiger partial charge in [0.2, 0.25) is 5.91 Å². The van der Waals surface area contributed by atoms with Crippen LogP contribution in [-0.4, -0.2) is 87.1 Å². The Bertz CT molecular complexity index is 2800. The molecule has 0 radical (unpaired) electrons. The molecule has 4 amide bonds. The maximum Gasteiger partial charge on any atom is 0.407 e. The first-order valence-electron chi connectivity index (χ1n) is 23.3. The number of amides is 4. The highest BCUT2D eigenvalue weighted by Gasteiger charge is 2.42. The van der Waals surface area contributed by atoms with Gasteiger partial charge < -0.3 is 39.9 Å². The molecule has 4 aliphatic rings. The summed E-state index contributed by atoms with van der Waals surface area (Å²) in [4.78, 5) is 72.8. The van der Waals surface area contributed by atoms with E-state index in [-0.39, 0.29) is 29.8 Å². The van der Waals surface area contributed by atoms with E-state index < -0.39 is 24.3 Å². The van der Waals surface area contributed by atoms with Gasteiger partial charge in [0.1, 0.15) is 23.7 Å². The second-order valence-corrected chi connectivity index (χ2v) is 18.5. The second-order valence-electron chi connectivity index (χ2n) is 18.5. The molecular formula is C52H56N8O6. The first-order valence-corrected chi connectivity index (χ1v) is 23.3. The average Bonchev–Trinajstić information content (AvgIpc) is 4.21. The highest BCUT2D eigenvalue weighted by molar-refractivity contribution is 5.89. The van der Waals surface area contributed by atoms with Gasteiger partial charge in [0, 0.05) is 13.1 Å². The van der Waals surface area contributed by atoms with Crippen molar-refractivity contribution < 1.29 is 28.7 Å². The molecular weight excluding hydrogens is 833 g/mol. The molecule has 3 fully saturated rings. The molecule has 2 bridgehead atoms. The van der Waals surface area contributed by atoms with Crippen molar-refractivity contribution in [2.75, 3.05) is 27.3 Å². The number of nitrogens with one attached hydrogen (secondary N) is 4. The average molecular weight is 889 g/mol. The Morgan fingerprint density at radius 1 is 0.682 bits per heavy atom. The van der Waals surface area contributed by atoms with Crippen LogP contribution < -0.4 is 10.6 Å². The lowest BCUT2D eigenvalue weighted by atomic mass is 9.81. The summed E-state index contributed by atoms with van der Waals surface area (Å²) >= 11 is 0. The molecule has 4 heterocycles. The van der Waals surface area contributed by atoms with Gasteiger partial charge in [-0.15, -0.1) is 0 Å². The van der Waals surface area contributed by atoms with Gasteiger partial charge in [0.15, 0.2) is 0 Å². The van der Waals surface area contributed by atoms with E-state index in [9.17, 15) is 19.2 Å². The van der Waals surface area contributed by atoms with E-state index in [2.05, 4.69) is 75.2 Å². The lowest BCUT2D eigenvalue weighted by Gasteiger charge is -2.30. The number of methoxy groups -OCH3 is 2. The van der Waals surface area contributed by atoms with E-state index in [0.717, 1.165) is 65.2 Å². The minimum atomic E-state index is -0.880. The monoisotopic (exact) mass is 888 g/mol. The molecule has 0 spiro atoms. The molecule has 2 aliphatic heterocycles. The van der Waals surface area contributed by atoms with E-state index in [1.54, 1.807) is 0 Å². The Morgan fingerprint density at radius 3 is 1.95 bits per heavy atom. The van der Waals surface area contributed by atoms with E-state index in [1.807, 2.05) is 60.2 Å². The van der Waals surface area contributed by atoms with Gasteiger partial charge in [0.05, 0.1) is 49.2 Å². The van der Waals surface area contributed by atoms with Crippen LogP contribution in [0.2, 0.25) is 0 Å². The Labute approximate surface area is 383 Å². The van der Waals surface area contributed by atoms with Crippen molar-refractivity contribution in [3.05, 3.63) is 119 Å². The molecule has 6 unspecified atom stereocenters. The number of aromatic amines is 2. The number of imidazole rings is 2. The number of aromatic nitrogens is 4. The number of fused-ring (bicyclic) bond motifs is 6. The summed E-state index contributed by atoms with van der Waals surface area (Å²) in [6.45, 7) is 4.99. The van der Waals surface area contributed by atoms with Gasteiger partial charge >= 0.3 is 12.2 Å². The van der Waals surface area contributed by atoms with E-state index in [4.69, 9.17) is 19.4 Å². The van der Waals surface area contributed by atoms with Crippen molar-refractivity contribution in [1.29, 1.82) is 0 Å². The SMILES string of the molecule is COC(=O)NC(C(=O)N1CCCC1c1nc2ccc(-c3ccc(-c4ccc(-c5cnc(C6CCCN6C(=O)C(NC(=O)OC)C(C)C)[nH]5)cc4)c4c3C3CCC4C3)cc2[nH]1)c1ccccc1. The number of hydrogen-bond acceptors (Lipinski definition) is 8. The van der Waals surface area contributed by atoms with Crippen LogP contribution in [0.5, 0.6) is 0 Å². The number of rotatable bonds is 11. The third kappa shape index (κ3) is 7.85. The summed E-state index contributed by atoms with van der Waals surface area (Å²) in [6, 6.07) is 27.0. The second kappa shape index (κ2) is 17.8. The molecule has 340 valence electrons. The van der Waals surface area contributed by atoms with Gasteiger partial charge in [0.25, 0.3) is 5.91 Å². The van der Waals surface area contributed by atoms with Crippen LogP contribution in [0.4, 0.5) is 9.59 Å². The number of benzene rings is 4. The predicted molar refractivity (Wildman–Crippen MR) is 250 cm³/mol. The van der Waals surface area contributed by atoms with Crippen LogP contribution in [0, 0.1) is 5.92 Å². The van der Waals surface area contributed by atoms with Crippen molar-refractivity contribution in [2.45, 2.75) is 94.8 Å². The van der Waals surface area contributed by atoms with Crippen molar-refractivity contribution in [3.63, 3.8) is 0 Å². The first kappa shape index (κ1) is 43.0. The van der Waals surface area contributed by atoms with Crippen molar-refractivity contribution in [1.82, 2.24) is 40.4 Å². The quantitative estimate of drug-likeness (QED) is 0.0995. The summed E-state index contributed by atoms with van der Waals surface area (Å²) < 4.78 is 9.68. The number of H-pyrrole nitrogens is 2. The summed E-state index contributed by atoms with van der Waals surface area (Å²) in [5.74, 6) is 2.09. The van der Waals surface area contributed by atoms with E-state index >= 15 is 0 Å². The predicted octanol–water partition coefficient (Wildman–Crippen LogP) is 9.46. The largest absolute Gasteiger partial charge is 0.453 e. The molecule has 2 aliphatic carbocycles. The molecule has 4 N–H and O–H groups in total. The highest BCUT2D eigenvalue weighted by Crippen LogP contribution is 2.58. The zero-order valence-corrected chi connectivity index (χ0v) is 37.8. The van der Waals surface area contributed by atoms with Gasteiger partial charge in [-0.05, 0) is 119 Å². The maximum atomic E-state index is 14.1. The molecule has 6 aromatic rings. The molecule has 2 saturated heterocycles. The number of likely N-dealkylation sites (tertiary alicyclic amines) is 2. The zero-order chi connectivity index (χ0) is 45.6. The first-order chi connectivity index (χ1) is 32.1. The Hall–Kier alpha value is -6.96. The number of carbonyl (C=O) groups is 4. The Morgan fingerprint density at radius 2 is 1.29 bits per heavy atom. The van der Waals surface area contributed by atoms with Crippen molar-refractivity contribution in [2.24, 2.45) is 5.92 Å². The molecule has 66 heavy (non-hydrogen) atoms. The normalized spacial score (nSPS) is 20.7. The number of nitrogens with zero attached hydrogens (tertiary/aromatic N) is 4. The number of hydrogen-bond donors (Lipinski definition) is 4. The minimum absolute atomic E-state index is 0.105. The lowest BCUT2D eigenvalue weighted by molar-refractivity contribution is -0.135. The van der Waals surface area contributed by atoms with E-state index in [0.29, 0.717) is 30.5 Å². The third-order valence-corrected chi connectivity index (χ3v) is 14.4. The number of carbonyl (C=O) groups excluding carboxylic acids is 4. The summed E-state index contributed by atoms with van der Waals surface area (Å²) in [6.07, 6.45) is 7.36. The Kier molecular flexibility index (Phi) is 11.6. The van der Waals surface area contributed by atoms with Gasteiger partial charge in [-0.2, -0.15) is 0 Å². The molecule has 1 saturated carbocycles. The molecule has 10 rings (SSSR count). The summed E-state index contributed by atoms with van der Waals surface area (Å²) in [5, 5.41) is 5.48. The van der Waals surface area contributed by atoms with Gasteiger partial charge in [-0.25, -0.2) is 19.6 Å². The molecule has 14 nitrogen and oxygen atoms in total. The smallest absolute Gasteiger partial charge is 0.407 e. The summed E-state index contributed by atoms with van der Waals surface area (Å²) in [7, 11) is 2.60. The van der Waals surface area contributed by atoms with Crippen LogP contribution in [0.25, 0.3) is 44.5 Å².